The van der Waals surface area contributed by atoms with Crippen molar-refractivity contribution < 1.29 is 5.11 Å². The molecule has 0 aromatic rings. The molecule has 1 nitrogen and oxygen atoms in total. The molecule has 0 fully saturated rings. The van der Waals surface area contributed by atoms with Gasteiger partial charge in [-0.1, -0.05) is 29.3 Å². The predicted octanol–water partition coefficient (Wildman–Crippen LogP) is 1.54. The van der Waals surface area contributed by atoms with Crippen LogP contribution in [0.1, 0.15) is 19.8 Å². The molecule has 0 heterocycles. The molecule has 0 saturated heterocycles. The Morgan fingerprint density at radius 2 is 2.29 bits per heavy atom. The monoisotopic (exact) mass is 166 g/mol. The summed E-state index contributed by atoms with van der Waals surface area (Å²) >= 11 is 3.17. The summed E-state index contributed by atoms with van der Waals surface area (Å²) in [6.45, 7) is 2.06. The van der Waals surface area contributed by atoms with E-state index in [1.54, 1.807) is 0 Å². The molecule has 44 valence electrons. The van der Waals surface area contributed by atoms with Gasteiger partial charge >= 0.3 is 0 Å². The number of hydrogen-bond donors (Lipinski definition) is 1. The zero-order valence-electron chi connectivity index (χ0n) is 4.52. The fraction of sp³-hybridized carbons (Fsp3) is 1.00. The van der Waals surface area contributed by atoms with E-state index < -0.39 is 0 Å². The van der Waals surface area contributed by atoms with Crippen LogP contribution in [0.5, 0.6) is 0 Å². The summed E-state index contributed by atoms with van der Waals surface area (Å²) in [6, 6.07) is 0. The van der Waals surface area contributed by atoms with Crippen molar-refractivity contribution in [2.24, 2.45) is 0 Å². The first-order chi connectivity index (χ1) is 3.31. The number of aliphatic hydroxyl groups is 1. The van der Waals surface area contributed by atoms with Crippen LogP contribution in [0.25, 0.3) is 0 Å². The maximum atomic E-state index is 8.81. The number of halogens is 1. The molecule has 0 aliphatic rings. The summed E-state index contributed by atoms with van der Waals surface area (Å²) < 4.78 is 0. The summed E-state index contributed by atoms with van der Waals surface area (Å²) in [5.41, 5.74) is 0. The fourth-order valence-corrected chi connectivity index (χ4v) is 0.734. The van der Waals surface area contributed by atoms with Gasteiger partial charge in [0, 0.05) is 5.33 Å². The van der Waals surface area contributed by atoms with Crippen LogP contribution in [-0.4, -0.2) is 16.5 Å². The summed E-state index contributed by atoms with van der Waals surface area (Å²) in [4.78, 5) is 0. The van der Waals surface area contributed by atoms with Gasteiger partial charge < -0.3 is 5.11 Å². The molecule has 1 N–H and O–H groups in total. The van der Waals surface area contributed by atoms with Gasteiger partial charge in [-0.3, -0.25) is 0 Å². The van der Waals surface area contributed by atoms with Crippen molar-refractivity contribution in [1.82, 2.24) is 0 Å². The number of rotatable bonds is 3. The van der Waals surface area contributed by atoms with Crippen molar-refractivity contribution in [2.45, 2.75) is 25.9 Å². The topological polar surface area (TPSA) is 20.2 Å². The van der Waals surface area contributed by atoms with Crippen molar-refractivity contribution in [3.63, 3.8) is 0 Å². The average Bonchev–Trinajstić information content (AvgIpc) is 1.68. The van der Waals surface area contributed by atoms with Crippen molar-refractivity contribution in [2.75, 3.05) is 5.33 Å². The maximum absolute atomic E-state index is 8.81. The van der Waals surface area contributed by atoms with Crippen molar-refractivity contribution in [1.29, 1.82) is 0 Å². The van der Waals surface area contributed by atoms with Gasteiger partial charge in [-0.05, 0) is 6.42 Å². The van der Waals surface area contributed by atoms with Crippen molar-refractivity contribution >= 4 is 15.9 Å². The smallest absolute Gasteiger partial charge is 0.0636 e. The number of hydrogen-bond acceptors (Lipinski definition) is 1. The first-order valence-corrected chi connectivity index (χ1v) is 3.67. The molecule has 0 aromatic carbocycles. The Kier molecular flexibility index (Phi) is 4.88. The van der Waals surface area contributed by atoms with Crippen molar-refractivity contribution in [3.8, 4) is 0 Å². The third-order valence-corrected chi connectivity index (χ3v) is 1.55. The standard InChI is InChI=1S/C5H11BrO/c1-2-3-5(7)4-6/h5,7H,2-4H2,1H3. The Morgan fingerprint density at radius 1 is 1.71 bits per heavy atom. The van der Waals surface area contributed by atoms with Gasteiger partial charge in [-0.2, -0.15) is 0 Å². The minimum Gasteiger partial charge on any atom is -0.392 e. The second-order valence-corrected chi connectivity index (χ2v) is 2.24. The van der Waals surface area contributed by atoms with Gasteiger partial charge in [-0.15, -0.1) is 0 Å². The van der Waals surface area contributed by atoms with E-state index in [0.717, 1.165) is 12.8 Å². The minimum atomic E-state index is -0.134. The molecule has 0 amide bonds. The molecule has 0 aliphatic heterocycles. The Morgan fingerprint density at radius 3 is 2.43 bits per heavy atom. The molecule has 1 unspecified atom stereocenters. The van der Waals surface area contributed by atoms with E-state index in [1.165, 1.54) is 0 Å². The molecule has 0 spiro atoms. The SMILES string of the molecule is CCCC(O)CBr. The summed E-state index contributed by atoms with van der Waals surface area (Å²) in [6.07, 6.45) is 1.84. The molecule has 1 atom stereocenters. The van der Waals surface area contributed by atoms with E-state index in [4.69, 9.17) is 5.11 Å². The Hall–Kier alpha value is 0.440. The molecule has 2 heteroatoms. The van der Waals surface area contributed by atoms with Crippen LogP contribution in [0.3, 0.4) is 0 Å². The number of alkyl halides is 1. The van der Waals surface area contributed by atoms with E-state index >= 15 is 0 Å². The van der Waals surface area contributed by atoms with Gasteiger partial charge in [0.15, 0.2) is 0 Å². The molecule has 0 aromatic heterocycles. The second-order valence-electron chi connectivity index (χ2n) is 1.60. The van der Waals surface area contributed by atoms with Crippen LogP contribution in [0.2, 0.25) is 0 Å². The average molecular weight is 167 g/mol. The lowest BCUT2D eigenvalue weighted by atomic mass is 10.2. The van der Waals surface area contributed by atoms with E-state index in [-0.39, 0.29) is 6.10 Å². The molecule has 0 rings (SSSR count). The Balaban J connectivity index is 2.83. The van der Waals surface area contributed by atoms with Crippen LogP contribution >= 0.6 is 15.9 Å². The Labute approximate surface area is 52.9 Å². The molecule has 0 saturated carbocycles. The van der Waals surface area contributed by atoms with Gasteiger partial charge in [0.25, 0.3) is 0 Å². The highest BCUT2D eigenvalue weighted by atomic mass is 79.9. The molecule has 7 heavy (non-hydrogen) atoms. The van der Waals surface area contributed by atoms with E-state index in [1.807, 2.05) is 0 Å². The van der Waals surface area contributed by atoms with Gasteiger partial charge in [-0.25, -0.2) is 0 Å². The van der Waals surface area contributed by atoms with Crippen LogP contribution in [0, 0.1) is 0 Å². The van der Waals surface area contributed by atoms with Gasteiger partial charge in [0.1, 0.15) is 0 Å². The highest BCUT2D eigenvalue weighted by Gasteiger charge is 1.95. The zero-order chi connectivity index (χ0) is 5.70. The van der Waals surface area contributed by atoms with Crippen LogP contribution < -0.4 is 0 Å². The van der Waals surface area contributed by atoms with Crippen molar-refractivity contribution in [3.05, 3.63) is 0 Å². The summed E-state index contributed by atoms with van der Waals surface area (Å²) in [7, 11) is 0. The van der Waals surface area contributed by atoms with Crippen LogP contribution in [0.15, 0.2) is 0 Å². The Bertz CT molecular complexity index is 39.1. The number of aliphatic hydroxyl groups excluding tert-OH is 1. The van der Waals surface area contributed by atoms with Gasteiger partial charge in [0.2, 0.25) is 0 Å². The third-order valence-electron chi connectivity index (χ3n) is 0.800. The zero-order valence-corrected chi connectivity index (χ0v) is 6.11. The fourth-order valence-electron chi connectivity index (χ4n) is 0.410. The molecule has 0 radical (unpaired) electrons. The predicted molar refractivity (Wildman–Crippen MR) is 34.7 cm³/mol. The second kappa shape index (κ2) is 4.60. The van der Waals surface area contributed by atoms with E-state index in [2.05, 4.69) is 22.9 Å². The normalized spacial score (nSPS) is 14.1. The quantitative estimate of drug-likeness (QED) is 0.632. The minimum absolute atomic E-state index is 0.134. The van der Waals surface area contributed by atoms with Crippen LogP contribution in [0.4, 0.5) is 0 Å². The molecular formula is C5H11BrO. The molecule has 0 aliphatic carbocycles. The van der Waals surface area contributed by atoms with Gasteiger partial charge in [0.05, 0.1) is 6.10 Å². The highest BCUT2D eigenvalue weighted by Crippen LogP contribution is 1.97. The lowest BCUT2D eigenvalue weighted by molar-refractivity contribution is 0.189. The first-order valence-electron chi connectivity index (χ1n) is 2.55. The van der Waals surface area contributed by atoms with Crippen LogP contribution in [-0.2, 0) is 0 Å². The lowest BCUT2D eigenvalue weighted by Crippen LogP contribution is -2.05. The highest BCUT2D eigenvalue weighted by molar-refractivity contribution is 9.09. The van der Waals surface area contributed by atoms with E-state index in [0.29, 0.717) is 5.33 Å². The van der Waals surface area contributed by atoms with E-state index in [9.17, 15) is 0 Å². The first kappa shape index (κ1) is 7.44. The molecular weight excluding hydrogens is 156 g/mol. The molecule has 0 bridgehead atoms. The third kappa shape index (κ3) is 4.29. The maximum Gasteiger partial charge on any atom is 0.0636 e. The summed E-state index contributed by atoms with van der Waals surface area (Å²) in [5.74, 6) is 0. The largest absolute Gasteiger partial charge is 0.392 e. The summed E-state index contributed by atoms with van der Waals surface area (Å²) in [5, 5.41) is 9.52. The lowest BCUT2D eigenvalue weighted by Gasteiger charge is -2.00.